The number of hydrogen-bond acceptors (Lipinski definition) is 6. The van der Waals surface area contributed by atoms with Gasteiger partial charge in [0.15, 0.2) is 5.16 Å². The summed E-state index contributed by atoms with van der Waals surface area (Å²) >= 11 is 1.45. The number of esters is 1. The van der Waals surface area contributed by atoms with Gasteiger partial charge in [0.25, 0.3) is 0 Å². The van der Waals surface area contributed by atoms with E-state index in [-0.39, 0.29) is 12.1 Å². The van der Waals surface area contributed by atoms with Crippen LogP contribution in [-0.4, -0.2) is 40.9 Å². The zero-order valence-electron chi connectivity index (χ0n) is 12.0. The third kappa shape index (κ3) is 4.18. The fourth-order valence-electron chi connectivity index (χ4n) is 2.47. The Labute approximate surface area is 123 Å². The van der Waals surface area contributed by atoms with Crippen molar-refractivity contribution in [2.24, 2.45) is 0 Å². The van der Waals surface area contributed by atoms with Gasteiger partial charge in [-0.25, -0.2) is 14.8 Å². The molecule has 0 amide bonds. The minimum atomic E-state index is -0.320. The van der Waals surface area contributed by atoms with E-state index in [1.165, 1.54) is 24.2 Å². The molecule has 1 aliphatic carbocycles. The second-order valence-electron chi connectivity index (χ2n) is 4.91. The minimum absolute atomic E-state index is 0.000488. The Morgan fingerprint density at radius 1 is 1.45 bits per heavy atom. The molecule has 6 heteroatoms. The van der Waals surface area contributed by atoms with Gasteiger partial charge in [-0.15, -0.1) is 0 Å². The summed E-state index contributed by atoms with van der Waals surface area (Å²) in [4.78, 5) is 20.2. The van der Waals surface area contributed by atoms with Crippen molar-refractivity contribution in [3.63, 3.8) is 0 Å². The SMILES string of the molecule is CCN[C@@H]1CCC[C@H](OC(=O)c2cnc(SC)nc2)C1. The normalized spacial score (nSPS) is 22.5. The number of ether oxygens (including phenoxy) is 1. The zero-order valence-corrected chi connectivity index (χ0v) is 12.8. The molecule has 0 bridgehead atoms. The van der Waals surface area contributed by atoms with E-state index in [9.17, 15) is 4.79 Å². The van der Waals surface area contributed by atoms with Crippen LogP contribution >= 0.6 is 11.8 Å². The van der Waals surface area contributed by atoms with Crippen molar-refractivity contribution in [2.75, 3.05) is 12.8 Å². The van der Waals surface area contributed by atoms with E-state index in [4.69, 9.17) is 4.74 Å². The maximum atomic E-state index is 12.0. The van der Waals surface area contributed by atoms with Crippen molar-refractivity contribution in [3.05, 3.63) is 18.0 Å². The zero-order chi connectivity index (χ0) is 14.4. The number of carbonyl (C=O) groups excluding carboxylic acids is 1. The first-order valence-electron chi connectivity index (χ1n) is 7.03. The van der Waals surface area contributed by atoms with Crippen LogP contribution in [0.3, 0.4) is 0 Å². The molecule has 0 radical (unpaired) electrons. The highest BCUT2D eigenvalue weighted by Crippen LogP contribution is 2.22. The standard InChI is InChI=1S/C14H21N3O2S/c1-3-15-11-5-4-6-12(7-11)19-13(18)10-8-16-14(20-2)17-9-10/h8-9,11-12,15H,3-7H2,1-2H3/t11-,12+/m1/s1. The van der Waals surface area contributed by atoms with E-state index in [2.05, 4.69) is 22.2 Å². The molecule has 1 N–H and O–H groups in total. The predicted molar refractivity (Wildman–Crippen MR) is 78.9 cm³/mol. The van der Waals surface area contributed by atoms with Gasteiger partial charge in [0.1, 0.15) is 6.10 Å². The van der Waals surface area contributed by atoms with Crippen molar-refractivity contribution >= 4 is 17.7 Å². The first kappa shape index (κ1) is 15.3. The topological polar surface area (TPSA) is 64.1 Å². The lowest BCUT2D eigenvalue weighted by Crippen LogP contribution is -2.37. The summed E-state index contributed by atoms with van der Waals surface area (Å²) in [6.45, 7) is 3.05. The molecule has 1 heterocycles. The van der Waals surface area contributed by atoms with Crippen molar-refractivity contribution in [2.45, 2.75) is 49.9 Å². The lowest BCUT2D eigenvalue weighted by atomic mass is 9.93. The summed E-state index contributed by atoms with van der Waals surface area (Å²) in [5.41, 5.74) is 0.424. The quantitative estimate of drug-likeness (QED) is 0.511. The first-order chi connectivity index (χ1) is 9.72. The van der Waals surface area contributed by atoms with Gasteiger partial charge in [-0.05, 0) is 38.5 Å². The Balaban J connectivity index is 1.89. The average Bonchev–Trinajstić information content (AvgIpc) is 2.48. The summed E-state index contributed by atoms with van der Waals surface area (Å²) in [5.74, 6) is -0.320. The molecule has 2 atom stereocenters. The molecule has 1 saturated carbocycles. The summed E-state index contributed by atoms with van der Waals surface area (Å²) in [6, 6.07) is 0.460. The third-order valence-electron chi connectivity index (χ3n) is 3.44. The molecule has 1 aromatic heterocycles. The van der Waals surface area contributed by atoms with Gasteiger partial charge in [-0.3, -0.25) is 0 Å². The van der Waals surface area contributed by atoms with E-state index in [1.807, 2.05) is 6.26 Å². The molecule has 0 saturated heterocycles. The fraction of sp³-hybridized carbons (Fsp3) is 0.643. The Bertz CT molecular complexity index is 437. The van der Waals surface area contributed by atoms with E-state index in [0.717, 1.165) is 32.2 Å². The van der Waals surface area contributed by atoms with Crippen molar-refractivity contribution < 1.29 is 9.53 Å². The van der Waals surface area contributed by atoms with E-state index in [0.29, 0.717) is 16.8 Å². The van der Waals surface area contributed by atoms with Crippen LogP contribution in [-0.2, 0) is 4.74 Å². The molecule has 0 aliphatic heterocycles. The van der Waals surface area contributed by atoms with Crippen molar-refractivity contribution in [1.82, 2.24) is 15.3 Å². The van der Waals surface area contributed by atoms with E-state index in [1.54, 1.807) is 0 Å². The monoisotopic (exact) mass is 295 g/mol. The minimum Gasteiger partial charge on any atom is -0.459 e. The van der Waals surface area contributed by atoms with Crippen LogP contribution in [0.1, 0.15) is 43.0 Å². The number of rotatable bonds is 5. The Hall–Kier alpha value is -1.14. The maximum absolute atomic E-state index is 12.0. The summed E-state index contributed by atoms with van der Waals surface area (Å²) < 4.78 is 5.56. The van der Waals surface area contributed by atoms with Gasteiger partial charge < -0.3 is 10.1 Å². The lowest BCUT2D eigenvalue weighted by Gasteiger charge is -2.29. The fourth-order valence-corrected chi connectivity index (χ4v) is 2.79. The van der Waals surface area contributed by atoms with Crippen LogP contribution < -0.4 is 5.32 Å². The second-order valence-corrected chi connectivity index (χ2v) is 5.68. The number of aromatic nitrogens is 2. The van der Waals surface area contributed by atoms with Crippen LogP contribution in [0, 0.1) is 0 Å². The molecule has 1 fully saturated rings. The Morgan fingerprint density at radius 2 is 2.20 bits per heavy atom. The molecule has 20 heavy (non-hydrogen) atoms. The highest BCUT2D eigenvalue weighted by Gasteiger charge is 2.24. The van der Waals surface area contributed by atoms with E-state index < -0.39 is 0 Å². The van der Waals surface area contributed by atoms with Crippen LogP contribution in [0.2, 0.25) is 0 Å². The lowest BCUT2D eigenvalue weighted by molar-refractivity contribution is 0.0173. The van der Waals surface area contributed by atoms with Crippen LogP contribution in [0.25, 0.3) is 0 Å². The average molecular weight is 295 g/mol. The third-order valence-corrected chi connectivity index (χ3v) is 4.01. The summed E-state index contributed by atoms with van der Waals surface area (Å²) in [7, 11) is 0. The Morgan fingerprint density at radius 3 is 2.85 bits per heavy atom. The van der Waals surface area contributed by atoms with Gasteiger partial charge in [0, 0.05) is 18.4 Å². The molecular weight excluding hydrogens is 274 g/mol. The van der Waals surface area contributed by atoms with Crippen molar-refractivity contribution in [3.8, 4) is 0 Å². The highest BCUT2D eigenvalue weighted by molar-refractivity contribution is 7.98. The number of hydrogen-bond donors (Lipinski definition) is 1. The molecule has 0 unspecified atom stereocenters. The van der Waals surface area contributed by atoms with Crippen LogP contribution in [0.4, 0.5) is 0 Å². The highest BCUT2D eigenvalue weighted by atomic mass is 32.2. The Kier molecular flexibility index (Phi) is 5.79. The maximum Gasteiger partial charge on any atom is 0.341 e. The molecule has 1 aliphatic rings. The van der Waals surface area contributed by atoms with Gasteiger partial charge in [0.2, 0.25) is 0 Å². The van der Waals surface area contributed by atoms with Crippen LogP contribution in [0.15, 0.2) is 17.6 Å². The first-order valence-corrected chi connectivity index (χ1v) is 8.25. The van der Waals surface area contributed by atoms with Gasteiger partial charge >= 0.3 is 5.97 Å². The molecule has 0 spiro atoms. The smallest absolute Gasteiger partial charge is 0.341 e. The molecule has 110 valence electrons. The number of thioether (sulfide) groups is 1. The second kappa shape index (κ2) is 7.59. The van der Waals surface area contributed by atoms with Gasteiger partial charge in [0.05, 0.1) is 5.56 Å². The number of nitrogens with one attached hydrogen (secondary N) is 1. The van der Waals surface area contributed by atoms with Gasteiger partial charge in [-0.1, -0.05) is 18.7 Å². The number of nitrogens with zero attached hydrogens (tertiary/aromatic N) is 2. The largest absolute Gasteiger partial charge is 0.459 e. The van der Waals surface area contributed by atoms with Crippen molar-refractivity contribution in [1.29, 1.82) is 0 Å². The molecule has 1 aromatic rings. The van der Waals surface area contributed by atoms with Crippen LogP contribution in [0.5, 0.6) is 0 Å². The molecular formula is C14H21N3O2S. The predicted octanol–water partition coefficient (Wildman–Crippen LogP) is 2.28. The summed E-state index contributed by atoms with van der Waals surface area (Å²) in [6.07, 6.45) is 9.06. The molecule has 2 rings (SSSR count). The molecule has 0 aromatic carbocycles. The summed E-state index contributed by atoms with van der Waals surface area (Å²) in [5, 5.41) is 4.08. The molecule has 5 nitrogen and oxygen atoms in total. The van der Waals surface area contributed by atoms with E-state index >= 15 is 0 Å². The number of carbonyl (C=O) groups is 1. The van der Waals surface area contributed by atoms with Gasteiger partial charge in [-0.2, -0.15) is 0 Å².